The molecule has 0 spiro atoms. The van der Waals surface area contributed by atoms with Gasteiger partial charge in [-0.25, -0.2) is 0 Å². The third kappa shape index (κ3) is 7.69. The highest BCUT2D eigenvalue weighted by Gasteiger charge is 1.99. The minimum atomic E-state index is 0. The molecule has 1 aromatic carbocycles. The molecule has 23 heavy (non-hydrogen) atoms. The lowest BCUT2D eigenvalue weighted by molar-refractivity contribution is 0.813. The summed E-state index contributed by atoms with van der Waals surface area (Å²) in [6.07, 6.45) is 1.80. The van der Waals surface area contributed by atoms with E-state index in [0.29, 0.717) is 6.54 Å². The van der Waals surface area contributed by atoms with Crippen molar-refractivity contribution < 1.29 is 0 Å². The standard InChI is InChI=1S/C17H22N4S.HI/c1-14-6-8-16(9-7-14)22-12-11-20-17(18-2)21-13-15-5-3-4-10-19-15;/h3-10H,11-13H2,1-2H3,(H2,18,20,21);1H. The maximum atomic E-state index is 4.28. The molecule has 1 aromatic heterocycles. The monoisotopic (exact) mass is 442 g/mol. The highest BCUT2D eigenvalue weighted by atomic mass is 127. The Hall–Kier alpha value is -1.28. The fourth-order valence-corrected chi connectivity index (χ4v) is 2.64. The zero-order valence-corrected chi connectivity index (χ0v) is 16.6. The van der Waals surface area contributed by atoms with Crippen LogP contribution in [-0.4, -0.2) is 30.3 Å². The number of aryl methyl sites for hydroxylation is 1. The summed E-state index contributed by atoms with van der Waals surface area (Å²) in [7, 11) is 1.78. The fourth-order valence-electron chi connectivity index (χ4n) is 1.87. The summed E-state index contributed by atoms with van der Waals surface area (Å²) in [5, 5.41) is 6.57. The summed E-state index contributed by atoms with van der Waals surface area (Å²) in [5.41, 5.74) is 2.29. The molecule has 2 aromatic rings. The van der Waals surface area contributed by atoms with Gasteiger partial charge in [0.2, 0.25) is 0 Å². The summed E-state index contributed by atoms with van der Waals surface area (Å²) < 4.78 is 0. The largest absolute Gasteiger partial charge is 0.356 e. The van der Waals surface area contributed by atoms with Gasteiger partial charge in [0.05, 0.1) is 12.2 Å². The molecule has 1 heterocycles. The summed E-state index contributed by atoms with van der Waals surface area (Å²) in [4.78, 5) is 9.79. The smallest absolute Gasteiger partial charge is 0.191 e. The Labute approximate surface area is 159 Å². The Morgan fingerprint density at radius 3 is 2.57 bits per heavy atom. The van der Waals surface area contributed by atoms with Gasteiger partial charge in [-0.1, -0.05) is 23.8 Å². The molecular formula is C17H23IN4S. The van der Waals surface area contributed by atoms with E-state index in [-0.39, 0.29) is 24.0 Å². The average Bonchev–Trinajstić information content (AvgIpc) is 2.57. The lowest BCUT2D eigenvalue weighted by Gasteiger charge is -2.11. The highest BCUT2D eigenvalue weighted by molar-refractivity contribution is 14.0. The van der Waals surface area contributed by atoms with E-state index in [1.54, 1.807) is 13.2 Å². The molecule has 0 amide bonds. The van der Waals surface area contributed by atoms with Crippen LogP contribution in [0, 0.1) is 6.92 Å². The van der Waals surface area contributed by atoms with Gasteiger partial charge >= 0.3 is 0 Å². The van der Waals surface area contributed by atoms with Crippen LogP contribution in [0.5, 0.6) is 0 Å². The number of hydrogen-bond acceptors (Lipinski definition) is 3. The molecular weight excluding hydrogens is 419 g/mol. The van der Waals surface area contributed by atoms with Crippen molar-refractivity contribution in [1.29, 1.82) is 0 Å². The van der Waals surface area contributed by atoms with Gasteiger partial charge in [-0.2, -0.15) is 0 Å². The van der Waals surface area contributed by atoms with Crippen LogP contribution in [0.15, 0.2) is 58.5 Å². The Balaban J connectivity index is 0.00000264. The first-order valence-corrected chi connectivity index (χ1v) is 8.30. The number of aliphatic imine (C=N–C) groups is 1. The number of aromatic nitrogens is 1. The number of nitrogens with zero attached hydrogens (tertiary/aromatic N) is 2. The molecule has 0 aliphatic heterocycles. The lowest BCUT2D eigenvalue weighted by Crippen LogP contribution is -2.38. The molecule has 2 rings (SSSR count). The summed E-state index contributed by atoms with van der Waals surface area (Å²) in [5.74, 6) is 1.79. The molecule has 0 fully saturated rings. The number of thioether (sulfide) groups is 1. The van der Waals surface area contributed by atoms with Gasteiger partial charge in [-0.15, -0.1) is 35.7 Å². The van der Waals surface area contributed by atoms with Crippen molar-refractivity contribution in [2.24, 2.45) is 4.99 Å². The van der Waals surface area contributed by atoms with Gasteiger partial charge in [-0.05, 0) is 31.2 Å². The van der Waals surface area contributed by atoms with E-state index in [2.05, 4.69) is 51.8 Å². The molecule has 0 atom stereocenters. The topological polar surface area (TPSA) is 49.3 Å². The Bertz CT molecular complexity index is 587. The molecule has 0 aliphatic carbocycles. The summed E-state index contributed by atoms with van der Waals surface area (Å²) in [6.45, 7) is 3.64. The molecule has 0 saturated carbocycles. The highest BCUT2D eigenvalue weighted by Crippen LogP contribution is 2.17. The van der Waals surface area contributed by atoms with Gasteiger partial charge in [0.25, 0.3) is 0 Å². The van der Waals surface area contributed by atoms with Crippen LogP contribution in [0.1, 0.15) is 11.3 Å². The predicted molar refractivity (Wildman–Crippen MR) is 110 cm³/mol. The third-order valence-electron chi connectivity index (χ3n) is 3.07. The van der Waals surface area contributed by atoms with Crippen molar-refractivity contribution in [2.45, 2.75) is 18.4 Å². The van der Waals surface area contributed by atoms with Crippen molar-refractivity contribution in [3.05, 3.63) is 59.9 Å². The average molecular weight is 442 g/mol. The van der Waals surface area contributed by atoms with E-state index >= 15 is 0 Å². The Kier molecular flexibility index (Phi) is 9.70. The zero-order chi connectivity index (χ0) is 15.6. The fraction of sp³-hybridized carbons (Fsp3) is 0.294. The van der Waals surface area contributed by atoms with Crippen LogP contribution in [0.4, 0.5) is 0 Å². The Morgan fingerprint density at radius 1 is 1.13 bits per heavy atom. The molecule has 0 unspecified atom stereocenters. The van der Waals surface area contributed by atoms with E-state index < -0.39 is 0 Å². The summed E-state index contributed by atoms with van der Waals surface area (Å²) in [6, 6.07) is 14.5. The second kappa shape index (κ2) is 11.3. The van der Waals surface area contributed by atoms with Crippen molar-refractivity contribution in [2.75, 3.05) is 19.3 Å². The third-order valence-corrected chi connectivity index (χ3v) is 4.08. The number of hydrogen-bond donors (Lipinski definition) is 2. The van der Waals surface area contributed by atoms with Crippen LogP contribution in [0.2, 0.25) is 0 Å². The van der Waals surface area contributed by atoms with E-state index in [1.807, 2.05) is 30.0 Å². The molecule has 0 aliphatic rings. The molecule has 124 valence electrons. The number of halogens is 1. The first-order chi connectivity index (χ1) is 10.8. The normalized spacial score (nSPS) is 10.8. The van der Waals surface area contributed by atoms with E-state index in [4.69, 9.17) is 0 Å². The minimum absolute atomic E-state index is 0. The maximum Gasteiger partial charge on any atom is 0.191 e. The van der Waals surface area contributed by atoms with Crippen LogP contribution < -0.4 is 10.6 Å². The predicted octanol–water partition coefficient (Wildman–Crippen LogP) is 3.47. The quantitative estimate of drug-likeness (QED) is 0.237. The van der Waals surface area contributed by atoms with Crippen molar-refractivity contribution >= 4 is 41.7 Å². The van der Waals surface area contributed by atoms with Crippen LogP contribution >= 0.6 is 35.7 Å². The maximum absolute atomic E-state index is 4.28. The van der Waals surface area contributed by atoms with Gasteiger partial charge < -0.3 is 10.6 Å². The number of pyridine rings is 1. The molecule has 0 saturated heterocycles. The number of rotatable bonds is 6. The lowest BCUT2D eigenvalue weighted by atomic mass is 10.2. The van der Waals surface area contributed by atoms with Gasteiger partial charge in [0.15, 0.2) is 5.96 Å². The molecule has 2 N–H and O–H groups in total. The van der Waals surface area contributed by atoms with Crippen molar-refractivity contribution in [3.63, 3.8) is 0 Å². The molecule has 6 heteroatoms. The first-order valence-electron chi connectivity index (χ1n) is 7.32. The molecule has 0 radical (unpaired) electrons. The van der Waals surface area contributed by atoms with E-state index in [0.717, 1.165) is 24.0 Å². The van der Waals surface area contributed by atoms with E-state index in [1.165, 1.54) is 10.5 Å². The van der Waals surface area contributed by atoms with Gasteiger partial charge in [0, 0.05) is 30.4 Å². The van der Waals surface area contributed by atoms with Crippen molar-refractivity contribution in [1.82, 2.24) is 15.6 Å². The second-order valence-electron chi connectivity index (χ2n) is 4.84. The number of guanidine groups is 1. The Morgan fingerprint density at radius 2 is 1.91 bits per heavy atom. The van der Waals surface area contributed by atoms with Gasteiger partial charge in [0.1, 0.15) is 0 Å². The second-order valence-corrected chi connectivity index (χ2v) is 6.00. The summed E-state index contributed by atoms with van der Waals surface area (Å²) >= 11 is 1.84. The number of nitrogens with one attached hydrogen (secondary N) is 2. The first kappa shape index (κ1) is 19.8. The van der Waals surface area contributed by atoms with Crippen molar-refractivity contribution in [3.8, 4) is 0 Å². The van der Waals surface area contributed by atoms with Crippen LogP contribution in [0.25, 0.3) is 0 Å². The van der Waals surface area contributed by atoms with Crippen LogP contribution in [-0.2, 0) is 6.54 Å². The van der Waals surface area contributed by atoms with Gasteiger partial charge in [-0.3, -0.25) is 9.98 Å². The van der Waals surface area contributed by atoms with Crippen LogP contribution in [0.3, 0.4) is 0 Å². The molecule has 0 bridgehead atoms. The minimum Gasteiger partial charge on any atom is -0.356 e. The SMILES string of the molecule is CN=C(NCCSc1ccc(C)cc1)NCc1ccccn1.I. The van der Waals surface area contributed by atoms with E-state index in [9.17, 15) is 0 Å². The molecule has 4 nitrogen and oxygen atoms in total. The zero-order valence-electron chi connectivity index (χ0n) is 13.5. The number of benzene rings is 1.